The third-order valence-corrected chi connectivity index (χ3v) is 10.7. The maximum absolute atomic E-state index is 13.6. The largest absolute Gasteiger partial charge is 0.503 e. The first-order valence-electron chi connectivity index (χ1n) is 16.0. The molecule has 25 heteroatoms. The summed E-state index contributed by atoms with van der Waals surface area (Å²) >= 11 is 8.24. The Hall–Kier alpha value is -6.27. The number of hydrogen-bond acceptors (Lipinski definition) is 17. The van der Waals surface area contributed by atoms with Crippen LogP contribution in [0.3, 0.4) is 0 Å². The number of halogens is 1. The summed E-state index contributed by atoms with van der Waals surface area (Å²) in [5, 5.41) is 46.6. The van der Waals surface area contributed by atoms with Crippen LogP contribution in [0.25, 0.3) is 0 Å². The molecule has 3 amide bonds. The van der Waals surface area contributed by atoms with E-state index in [9.17, 15) is 54.1 Å². The number of fused-ring (bicyclic) bond motifs is 1. The first-order valence-corrected chi connectivity index (χ1v) is 18.3. The molecule has 1 saturated heterocycles. The maximum Gasteiger partial charge on any atom is 0.352 e. The van der Waals surface area contributed by atoms with Crippen molar-refractivity contribution in [3.63, 3.8) is 0 Å². The second-order valence-electron chi connectivity index (χ2n) is 12.6. The lowest BCUT2D eigenvalue weighted by atomic mass is 9.89. The Balaban J connectivity index is 1.26. The van der Waals surface area contributed by atoms with Gasteiger partial charge >= 0.3 is 11.9 Å². The molecule has 56 heavy (non-hydrogen) atoms. The molecule has 22 nitrogen and oxygen atoms in total. The number of carbonyl (C=O) groups is 6. The summed E-state index contributed by atoms with van der Waals surface area (Å²) in [4.78, 5) is 102. The zero-order chi connectivity index (χ0) is 41.2. The predicted octanol–water partition coefficient (Wildman–Crippen LogP) is -0.380. The van der Waals surface area contributed by atoms with Gasteiger partial charge in [0, 0.05) is 36.8 Å². The van der Waals surface area contributed by atoms with E-state index in [1.807, 2.05) is 0 Å². The zero-order valence-electron chi connectivity index (χ0n) is 29.1. The molecule has 5 rings (SSSR count). The zero-order valence-corrected chi connectivity index (χ0v) is 31.5. The fourth-order valence-electron chi connectivity index (χ4n) is 5.27. The molecule has 2 aliphatic heterocycles. The first-order chi connectivity index (χ1) is 26.3. The van der Waals surface area contributed by atoms with E-state index in [1.54, 1.807) is 0 Å². The lowest BCUT2D eigenvalue weighted by molar-refractivity contribution is -0.691. The molecule has 0 aromatic carbocycles. The molecule has 3 aromatic heterocycles. The van der Waals surface area contributed by atoms with Crippen LogP contribution in [-0.4, -0.2) is 105 Å². The number of carboxylic acid groups (broad SMARTS) is 2. The third-order valence-electron chi connectivity index (χ3n) is 8.18. The minimum atomic E-state index is -1.85. The number of carboxylic acids is 2. The van der Waals surface area contributed by atoms with Crippen molar-refractivity contribution in [3.8, 4) is 5.75 Å². The molecule has 0 radical (unpaired) electrons. The summed E-state index contributed by atoms with van der Waals surface area (Å²) in [6.45, 7) is 2.06. The molecular weight excluding hydrogens is 804 g/mol. The maximum atomic E-state index is 13.6. The summed E-state index contributed by atoms with van der Waals surface area (Å²) in [5.41, 5.74) is 7.83. The fraction of sp³-hybridized carbons (Fsp3) is 0.323. The fourth-order valence-corrected chi connectivity index (χ4v) is 7.61. The van der Waals surface area contributed by atoms with Gasteiger partial charge in [0.25, 0.3) is 18.1 Å². The van der Waals surface area contributed by atoms with E-state index in [0.717, 1.165) is 16.2 Å². The Bertz CT molecular complexity index is 2290. The van der Waals surface area contributed by atoms with Gasteiger partial charge in [0.2, 0.25) is 22.8 Å². The van der Waals surface area contributed by atoms with E-state index in [0.29, 0.717) is 17.8 Å². The number of carbonyl (C=O) groups excluding carboxylic acids is 4. The van der Waals surface area contributed by atoms with Crippen molar-refractivity contribution in [3.05, 3.63) is 62.0 Å². The van der Waals surface area contributed by atoms with Gasteiger partial charge in [0.05, 0.1) is 17.5 Å². The highest BCUT2D eigenvalue weighted by Gasteiger charge is 2.54. The van der Waals surface area contributed by atoms with Gasteiger partial charge in [-0.25, -0.2) is 19.1 Å². The Morgan fingerprint density at radius 1 is 1.20 bits per heavy atom. The van der Waals surface area contributed by atoms with Crippen molar-refractivity contribution >= 4 is 92.5 Å². The number of aliphatic carboxylic acids is 2. The number of pyridine rings is 1. The van der Waals surface area contributed by atoms with Gasteiger partial charge in [-0.3, -0.25) is 28.9 Å². The second-order valence-corrected chi connectivity index (χ2v) is 15.3. The number of β-lactam (4-membered cyclic amide) rings is 1. The van der Waals surface area contributed by atoms with Gasteiger partial charge in [0.15, 0.2) is 28.1 Å². The number of aromatic nitrogens is 4. The molecule has 0 spiro atoms. The van der Waals surface area contributed by atoms with Crippen LogP contribution in [0.5, 0.6) is 5.75 Å². The van der Waals surface area contributed by atoms with Crippen molar-refractivity contribution in [2.45, 2.75) is 44.2 Å². The number of anilines is 3. The summed E-state index contributed by atoms with van der Waals surface area (Å²) in [7, 11) is 0. The minimum absolute atomic E-state index is 0.0133. The summed E-state index contributed by atoms with van der Waals surface area (Å²) in [5.74, 6) is -7.53. The van der Waals surface area contributed by atoms with Crippen LogP contribution in [0.4, 0.5) is 16.6 Å². The van der Waals surface area contributed by atoms with Gasteiger partial charge in [-0.2, -0.15) is 4.73 Å². The molecule has 296 valence electrons. The van der Waals surface area contributed by atoms with Gasteiger partial charge in [-0.15, -0.1) is 11.8 Å². The number of nitrogens with two attached hydrogens (primary N) is 2. The number of nitrogen functional groups attached to an aromatic ring is 2. The number of nitrogens with zero attached hydrogens (tertiary/aromatic N) is 6. The Kier molecular flexibility index (Phi) is 11.8. The first kappa shape index (κ1) is 40.9. The number of oxime groups is 1. The van der Waals surface area contributed by atoms with E-state index in [4.69, 9.17) is 27.9 Å². The third kappa shape index (κ3) is 8.66. The highest BCUT2D eigenvalue weighted by atomic mass is 35.5. The summed E-state index contributed by atoms with van der Waals surface area (Å²) in [6, 6.07) is 0.710. The Labute approximate surface area is 327 Å². The van der Waals surface area contributed by atoms with Crippen LogP contribution in [0.2, 0.25) is 4.34 Å². The highest BCUT2D eigenvalue weighted by Crippen LogP contribution is 2.45. The number of aromatic hydroxyl groups is 1. The van der Waals surface area contributed by atoms with Crippen LogP contribution in [0.1, 0.15) is 42.9 Å². The van der Waals surface area contributed by atoms with Crippen LogP contribution in [0.15, 0.2) is 46.0 Å². The van der Waals surface area contributed by atoms with Crippen molar-refractivity contribution in [2.75, 3.05) is 29.1 Å². The molecule has 2 aliphatic rings. The average Bonchev–Trinajstić information content (AvgIpc) is 3.46. The molecule has 0 aliphatic carbocycles. The van der Waals surface area contributed by atoms with E-state index >= 15 is 0 Å². The SMILES string of the molecule is CC(C)(O/N=C(\C(=O)C[C@@H]1C(=O)N2C(C(=O)O)=C(C[n+]3cnc(N)c(NC(=O)CCNC(=O)c4cc(=O)c(O)cn4O)c3)CSC12)c1nc(N)sc1Cl)C(=O)O. The number of ketones is 1. The van der Waals surface area contributed by atoms with Crippen LogP contribution < -0.4 is 32.1 Å². The molecule has 10 N–H and O–H groups in total. The molecule has 0 saturated carbocycles. The van der Waals surface area contributed by atoms with Crippen molar-refractivity contribution in [1.82, 2.24) is 24.9 Å². The molecule has 1 unspecified atom stereocenters. The number of Topliss-reactive ketones (excluding diaryl/α,β-unsaturated/α-hetero) is 1. The lowest BCUT2D eigenvalue weighted by Crippen LogP contribution is -2.62. The summed E-state index contributed by atoms with van der Waals surface area (Å²) in [6.07, 6.45) is 2.55. The normalized spacial score (nSPS) is 16.8. The molecule has 3 aromatic rings. The molecule has 1 fully saturated rings. The summed E-state index contributed by atoms with van der Waals surface area (Å²) < 4.78 is 1.65. The lowest BCUT2D eigenvalue weighted by Gasteiger charge is -2.49. The van der Waals surface area contributed by atoms with Crippen molar-refractivity contribution in [1.29, 1.82) is 0 Å². The van der Waals surface area contributed by atoms with Crippen LogP contribution in [-0.2, 0) is 35.4 Å². The van der Waals surface area contributed by atoms with E-state index in [1.165, 1.54) is 42.7 Å². The van der Waals surface area contributed by atoms with Gasteiger partial charge < -0.3 is 47.5 Å². The highest BCUT2D eigenvalue weighted by molar-refractivity contribution is 8.00. The number of hydrogen-bond donors (Lipinski definition) is 8. The molecule has 2 atom stereocenters. The van der Waals surface area contributed by atoms with E-state index in [-0.39, 0.29) is 62.4 Å². The van der Waals surface area contributed by atoms with E-state index < -0.39 is 81.3 Å². The number of nitrogens with one attached hydrogen (secondary N) is 2. The standard InChI is InChI=1S/C31H31ClN10O12S2/c1-31(2,29(51)52)54-39-20(21-23(32)56-30(34)38-21)17(44)5-13-26(48)42-22(28(49)50)12(10-55-27(13)42)7-40-8-14(24(33)36-11-40)37-19(46)3-4-35-25(47)15-6-16(43)18(45)9-41(15)53/h6,8-9,11,13,27,33,53H,3-5,7,10H2,1-2H3,(H7,34,35,37,38,45,46,47,49,50,51,52)/p+1/b39-20+/t13-,27?/m1/s1. The average molecular weight is 836 g/mol. The van der Waals surface area contributed by atoms with Gasteiger partial charge in [-0.05, 0) is 18.8 Å². The Morgan fingerprint density at radius 2 is 1.91 bits per heavy atom. The van der Waals surface area contributed by atoms with Crippen LogP contribution in [0, 0.1) is 5.92 Å². The van der Waals surface area contributed by atoms with Crippen molar-refractivity contribution in [2.24, 2.45) is 11.1 Å². The predicted molar refractivity (Wildman–Crippen MR) is 196 cm³/mol. The Morgan fingerprint density at radius 3 is 2.55 bits per heavy atom. The number of rotatable bonds is 15. The van der Waals surface area contributed by atoms with E-state index in [2.05, 4.69) is 25.8 Å². The topological polar surface area (TPSA) is 336 Å². The number of thiazole rings is 1. The molecule has 0 bridgehead atoms. The monoisotopic (exact) mass is 835 g/mol. The smallest absolute Gasteiger partial charge is 0.352 e. The minimum Gasteiger partial charge on any atom is -0.503 e. The number of amides is 3. The van der Waals surface area contributed by atoms with Crippen molar-refractivity contribution < 1.29 is 58.7 Å². The molecule has 5 heterocycles. The quantitative estimate of drug-likeness (QED) is 0.0318. The second kappa shape index (κ2) is 16.2. The van der Waals surface area contributed by atoms with Gasteiger partial charge in [0.1, 0.15) is 34.2 Å². The number of thioether (sulfide) groups is 1. The van der Waals surface area contributed by atoms with Crippen LogP contribution >= 0.6 is 34.7 Å². The molecular formula is C31H32ClN10O12S2+. The van der Waals surface area contributed by atoms with Gasteiger partial charge in [-0.1, -0.05) is 28.1 Å².